The van der Waals surface area contributed by atoms with Gasteiger partial charge in [0, 0.05) is 45.3 Å². The van der Waals surface area contributed by atoms with E-state index in [4.69, 9.17) is 0 Å². The van der Waals surface area contributed by atoms with Crippen LogP contribution < -0.4 is 9.80 Å². The van der Waals surface area contributed by atoms with E-state index in [2.05, 4.69) is 69.1 Å². The maximum absolute atomic E-state index is 9.72. The summed E-state index contributed by atoms with van der Waals surface area (Å²) < 4.78 is 0. The third-order valence-corrected chi connectivity index (χ3v) is 5.92. The van der Waals surface area contributed by atoms with Crippen molar-refractivity contribution in [2.75, 3.05) is 43.5 Å². The number of nitrogens with zero attached hydrogens (tertiary/aromatic N) is 5. The maximum Gasteiger partial charge on any atom is 0.134 e. The van der Waals surface area contributed by atoms with Crippen molar-refractivity contribution >= 4 is 11.6 Å². The van der Waals surface area contributed by atoms with Gasteiger partial charge in [-0.15, -0.1) is 0 Å². The number of likely N-dealkylation sites (N-methyl/N-ethyl adjacent to an activating group) is 2. The van der Waals surface area contributed by atoms with E-state index >= 15 is 0 Å². The molecule has 0 radical (unpaired) electrons. The van der Waals surface area contributed by atoms with Crippen LogP contribution in [0.3, 0.4) is 0 Å². The van der Waals surface area contributed by atoms with E-state index in [-0.39, 0.29) is 6.10 Å². The number of benzene rings is 1. The average molecular weight is 367 g/mol. The summed E-state index contributed by atoms with van der Waals surface area (Å²) in [4.78, 5) is 15.9. The van der Waals surface area contributed by atoms with Gasteiger partial charge in [-0.3, -0.25) is 4.90 Å². The molecule has 2 aliphatic rings. The van der Waals surface area contributed by atoms with Gasteiger partial charge in [0.2, 0.25) is 0 Å². The fourth-order valence-electron chi connectivity index (χ4n) is 4.15. The van der Waals surface area contributed by atoms with Crippen molar-refractivity contribution in [1.29, 1.82) is 0 Å². The number of rotatable bonds is 4. The summed E-state index contributed by atoms with van der Waals surface area (Å²) in [5.74, 6) is 1.92. The quantitative estimate of drug-likeness (QED) is 0.891. The van der Waals surface area contributed by atoms with Crippen LogP contribution in [0.5, 0.6) is 0 Å². The number of aliphatic hydroxyl groups is 1. The van der Waals surface area contributed by atoms with Crippen molar-refractivity contribution in [2.24, 2.45) is 0 Å². The second-order valence-electron chi connectivity index (χ2n) is 7.87. The summed E-state index contributed by atoms with van der Waals surface area (Å²) in [6.07, 6.45) is 4.17. The zero-order chi connectivity index (χ0) is 18.8. The van der Waals surface area contributed by atoms with Gasteiger partial charge >= 0.3 is 0 Å². The van der Waals surface area contributed by atoms with Crippen LogP contribution in [0, 0.1) is 0 Å². The van der Waals surface area contributed by atoms with Crippen molar-refractivity contribution in [3.05, 3.63) is 47.8 Å². The van der Waals surface area contributed by atoms with Crippen molar-refractivity contribution in [3.63, 3.8) is 0 Å². The molecule has 0 saturated carbocycles. The molecule has 2 aromatic rings. The summed E-state index contributed by atoms with van der Waals surface area (Å²) in [6.45, 7) is 3.63. The first-order valence-electron chi connectivity index (χ1n) is 9.83. The predicted octanol–water partition coefficient (Wildman–Crippen LogP) is 1.93. The first-order chi connectivity index (χ1) is 13.1. The summed E-state index contributed by atoms with van der Waals surface area (Å²) in [5.41, 5.74) is 2.90. The zero-order valence-corrected chi connectivity index (χ0v) is 16.3. The van der Waals surface area contributed by atoms with Crippen molar-refractivity contribution < 1.29 is 5.11 Å². The van der Waals surface area contributed by atoms with Crippen LogP contribution in [0.15, 0.2) is 36.7 Å². The number of anilines is 2. The van der Waals surface area contributed by atoms with E-state index in [1.54, 1.807) is 6.33 Å². The molecule has 6 heteroatoms. The molecule has 1 N–H and O–H groups in total. The molecule has 3 heterocycles. The molecule has 27 heavy (non-hydrogen) atoms. The van der Waals surface area contributed by atoms with Crippen LogP contribution in [0.1, 0.15) is 24.0 Å². The second kappa shape index (κ2) is 7.82. The normalized spacial score (nSPS) is 21.1. The first kappa shape index (κ1) is 18.2. The van der Waals surface area contributed by atoms with Gasteiger partial charge in [-0.2, -0.15) is 0 Å². The number of aromatic nitrogens is 2. The standard InChI is InChI=1S/C21H29N5O/c1-24-13-17-6-4-3-5-16(17)11-18(24)14-25(2)20-12-21(23-15-22-20)26-9-7-19(27)8-10-26/h3-6,12,15,18-19,27H,7-11,13-14H2,1-2H3. The van der Waals surface area contributed by atoms with E-state index in [9.17, 15) is 5.11 Å². The van der Waals surface area contributed by atoms with Crippen LogP contribution in [0.25, 0.3) is 0 Å². The number of hydrogen-bond acceptors (Lipinski definition) is 6. The van der Waals surface area contributed by atoms with Crippen molar-refractivity contribution in [3.8, 4) is 0 Å². The van der Waals surface area contributed by atoms with E-state index in [1.165, 1.54) is 11.1 Å². The lowest BCUT2D eigenvalue weighted by atomic mass is 9.94. The van der Waals surface area contributed by atoms with Crippen LogP contribution in [0.2, 0.25) is 0 Å². The highest BCUT2D eigenvalue weighted by molar-refractivity contribution is 5.50. The van der Waals surface area contributed by atoms with Crippen LogP contribution >= 0.6 is 0 Å². The van der Waals surface area contributed by atoms with E-state index in [1.807, 2.05) is 0 Å². The Kier molecular flexibility index (Phi) is 5.27. The molecule has 4 rings (SSSR count). The summed E-state index contributed by atoms with van der Waals surface area (Å²) in [7, 11) is 4.32. The van der Waals surface area contributed by atoms with E-state index in [0.717, 1.165) is 57.1 Å². The monoisotopic (exact) mass is 367 g/mol. The lowest BCUT2D eigenvalue weighted by molar-refractivity contribution is 0.145. The molecule has 1 aromatic carbocycles. The Bertz CT molecular complexity index is 775. The smallest absolute Gasteiger partial charge is 0.134 e. The molecule has 0 amide bonds. The lowest BCUT2D eigenvalue weighted by Gasteiger charge is -2.37. The molecule has 1 fully saturated rings. The average Bonchev–Trinajstić information content (AvgIpc) is 2.69. The van der Waals surface area contributed by atoms with Crippen LogP contribution in [0.4, 0.5) is 11.6 Å². The van der Waals surface area contributed by atoms with E-state index in [0.29, 0.717) is 6.04 Å². The number of piperidine rings is 1. The molecule has 144 valence electrons. The van der Waals surface area contributed by atoms with Crippen LogP contribution in [-0.4, -0.2) is 65.8 Å². The highest BCUT2D eigenvalue weighted by Gasteiger charge is 2.25. The Morgan fingerprint density at radius 1 is 1.15 bits per heavy atom. The second-order valence-corrected chi connectivity index (χ2v) is 7.87. The van der Waals surface area contributed by atoms with Gasteiger partial charge in [-0.1, -0.05) is 24.3 Å². The summed E-state index contributed by atoms with van der Waals surface area (Å²) >= 11 is 0. The Morgan fingerprint density at radius 2 is 1.89 bits per heavy atom. The van der Waals surface area contributed by atoms with Crippen molar-refractivity contribution in [1.82, 2.24) is 14.9 Å². The van der Waals surface area contributed by atoms with Gasteiger partial charge in [0.05, 0.1) is 6.10 Å². The molecule has 1 saturated heterocycles. The fourth-order valence-corrected chi connectivity index (χ4v) is 4.15. The highest BCUT2D eigenvalue weighted by Crippen LogP contribution is 2.25. The Labute approximate surface area is 161 Å². The van der Waals surface area contributed by atoms with Gasteiger partial charge in [-0.25, -0.2) is 9.97 Å². The van der Waals surface area contributed by atoms with Gasteiger partial charge in [0.25, 0.3) is 0 Å². The van der Waals surface area contributed by atoms with E-state index < -0.39 is 0 Å². The number of hydrogen-bond donors (Lipinski definition) is 1. The molecular weight excluding hydrogens is 338 g/mol. The topological polar surface area (TPSA) is 55.7 Å². The third kappa shape index (κ3) is 4.06. The highest BCUT2D eigenvalue weighted by atomic mass is 16.3. The molecule has 2 aliphatic heterocycles. The minimum absolute atomic E-state index is 0.171. The fraction of sp³-hybridized carbons (Fsp3) is 0.524. The molecule has 0 aliphatic carbocycles. The maximum atomic E-state index is 9.72. The van der Waals surface area contributed by atoms with Gasteiger partial charge < -0.3 is 14.9 Å². The molecule has 0 spiro atoms. The minimum atomic E-state index is -0.171. The molecule has 0 bridgehead atoms. The number of fused-ring (bicyclic) bond motifs is 1. The molecule has 6 nitrogen and oxygen atoms in total. The molecule has 1 atom stereocenters. The van der Waals surface area contributed by atoms with Crippen molar-refractivity contribution in [2.45, 2.75) is 38.0 Å². The summed E-state index contributed by atoms with van der Waals surface area (Å²) in [5, 5.41) is 9.72. The number of aliphatic hydroxyl groups excluding tert-OH is 1. The first-order valence-corrected chi connectivity index (χ1v) is 9.83. The Hall–Kier alpha value is -2.18. The lowest BCUT2D eigenvalue weighted by Crippen LogP contribution is -2.45. The largest absolute Gasteiger partial charge is 0.393 e. The molecule has 1 aromatic heterocycles. The predicted molar refractivity (Wildman–Crippen MR) is 108 cm³/mol. The summed E-state index contributed by atoms with van der Waals surface area (Å²) in [6, 6.07) is 11.3. The van der Waals surface area contributed by atoms with Crippen LogP contribution in [-0.2, 0) is 13.0 Å². The zero-order valence-electron chi connectivity index (χ0n) is 16.3. The van der Waals surface area contributed by atoms with Gasteiger partial charge in [-0.05, 0) is 37.4 Å². The molecule has 1 unspecified atom stereocenters. The Morgan fingerprint density at radius 3 is 2.67 bits per heavy atom. The molecular formula is C21H29N5O. The third-order valence-electron chi connectivity index (χ3n) is 5.92. The minimum Gasteiger partial charge on any atom is -0.393 e. The van der Waals surface area contributed by atoms with Gasteiger partial charge in [0.1, 0.15) is 18.0 Å². The SMILES string of the molecule is CN(CC1Cc2ccccc2CN1C)c1cc(N2CCC(O)CC2)ncn1. The van der Waals surface area contributed by atoms with Gasteiger partial charge in [0.15, 0.2) is 0 Å². The Balaban J connectivity index is 1.44.